The Hall–Kier alpha value is -0.490. The van der Waals surface area contributed by atoms with E-state index < -0.39 is 0 Å². The Balaban J connectivity index is 3.08. The van der Waals surface area contributed by atoms with Gasteiger partial charge in [0.15, 0.2) is 0 Å². The number of rotatable bonds is 3. The standard InChI is InChI=1S/C15H23Cl/c1-6-11-8-9-13(10-12(11)7-2)14(16)15(3,4)5/h8-10,14H,6-7H2,1-5H3. The van der Waals surface area contributed by atoms with E-state index in [9.17, 15) is 0 Å². The molecule has 1 rings (SSSR count). The van der Waals surface area contributed by atoms with E-state index >= 15 is 0 Å². The molecule has 0 N–H and O–H groups in total. The first kappa shape index (κ1) is 13.6. The van der Waals surface area contributed by atoms with Crippen LogP contribution in [-0.2, 0) is 12.8 Å². The van der Waals surface area contributed by atoms with E-state index in [1.807, 2.05) is 0 Å². The van der Waals surface area contributed by atoms with Gasteiger partial charge in [0.1, 0.15) is 0 Å². The van der Waals surface area contributed by atoms with Crippen LogP contribution in [0.15, 0.2) is 18.2 Å². The lowest BCUT2D eigenvalue weighted by Gasteiger charge is -2.26. The third-order valence-electron chi connectivity index (χ3n) is 3.05. The molecule has 0 nitrogen and oxygen atoms in total. The number of hydrogen-bond donors (Lipinski definition) is 0. The lowest BCUT2D eigenvalue weighted by atomic mass is 9.86. The third kappa shape index (κ3) is 3.01. The van der Waals surface area contributed by atoms with Gasteiger partial charge >= 0.3 is 0 Å². The van der Waals surface area contributed by atoms with Crippen molar-refractivity contribution >= 4 is 11.6 Å². The van der Waals surface area contributed by atoms with E-state index in [-0.39, 0.29) is 10.8 Å². The summed E-state index contributed by atoms with van der Waals surface area (Å²) in [4.78, 5) is 0. The Kier molecular flexibility index (Phi) is 4.43. The highest BCUT2D eigenvalue weighted by Crippen LogP contribution is 2.38. The highest BCUT2D eigenvalue weighted by atomic mass is 35.5. The van der Waals surface area contributed by atoms with Crippen LogP contribution in [0.2, 0.25) is 0 Å². The van der Waals surface area contributed by atoms with E-state index in [0.717, 1.165) is 12.8 Å². The first-order valence-corrected chi connectivity index (χ1v) is 6.59. The Morgan fingerprint density at radius 3 is 2.06 bits per heavy atom. The van der Waals surface area contributed by atoms with Crippen LogP contribution >= 0.6 is 11.6 Å². The van der Waals surface area contributed by atoms with Crippen LogP contribution in [0.25, 0.3) is 0 Å². The topological polar surface area (TPSA) is 0 Å². The van der Waals surface area contributed by atoms with Gasteiger partial charge in [0.2, 0.25) is 0 Å². The zero-order valence-corrected chi connectivity index (χ0v) is 11.9. The predicted octanol–water partition coefficient (Wildman–Crippen LogP) is 5.14. The van der Waals surface area contributed by atoms with Gasteiger partial charge in [-0.1, -0.05) is 52.8 Å². The molecule has 0 saturated carbocycles. The molecular formula is C15H23Cl. The molecule has 0 radical (unpaired) electrons. The second kappa shape index (κ2) is 5.23. The molecule has 0 amide bonds. The molecule has 0 bridgehead atoms. The smallest absolute Gasteiger partial charge is 0.0633 e. The van der Waals surface area contributed by atoms with Crippen LogP contribution in [-0.4, -0.2) is 0 Å². The highest BCUT2D eigenvalue weighted by Gasteiger charge is 2.24. The number of aryl methyl sites for hydroxylation is 2. The number of alkyl halides is 1. The molecule has 0 aliphatic heterocycles. The van der Waals surface area contributed by atoms with Crippen molar-refractivity contribution < 1.29 is 0 Å². The van der Waals surface area contributed by atoms with Crippen molar-refractivity contribution in [3.63, 3.8) is 0 Å². The van der Waals surface area contributed by atoms with Crippen molar-refractivity contribution in [3.05, 3.63) is 34.9 Å². The fraction of sp³-hybridized carbons (Fsp3) is 0.600. The molecule has 16 heavy (non-hydrogen) atoms. The summed E-state index contributed by atoms with van der Waals surface area (Å²) in [5.41, 5.74) is 4.25. The summed E-state index contributed by atoms with van der Waals surface area (Å²) in [5, 5.41) is 0.0868. The minimum atomic E-state index is 0.0868. The van der Waals surface area contributed by atoms with Crippen molar-refractivity contribution in [2.45, 2.75) is 52.8 Å². The van der Waals surface area contributed by atoms with Crippen LogP contribution in [0, 0.1) is 5.41 Å². The number of hydrogen-bond acceptors (Lipinski definition) is 0. The lowest BCUT2D eigenvalue weighted by Crippen LogP contribution is -2.13. The van der Waals surface area contributed by atoms with Gasteiger partial charge in [-0.05, 0) is 34.9 Å². The van der Waals surface area contributed by atoms with E-state index in [4.69, 9.17) is 11.6 Å². The summed E-state index contributed by atoms with van der Waals surface area (Å²) < 4.78 is 0. The largest absolute Gasteiger partial charge is 0.117 e. The number of halogens is 1. The first-order valence-electron chi connectivity index (χ1n) is 6.15. The first-order chi connectivity index (χ1) is 7.40. The molecule has 1 aromatic carbocycles. The third-order valence-corrected chi connectivity index (χ3v) is 3.95. The molecular weight excluding hydrogens is 216 g/mol. The Bertz CT molecular complexity index is 347. The summed E-state index contributed by atoms with van der Waals surface area (Å²) >= 11 is 6.51. The second-order valence-electron chi connectivity index (χ2n) is 5.46. The highest BCUT2D eigenvalue weighted by molar-refractivity contribution is 6.21. The minimum absolute atomic E-state index is 0.0868. The van der Waals surface area contributed by atoms with Gasteiger partial charge in [-0.3, -0.25) is 0 Å². The fourth-order valence-corrected chi connectivity index (χ4v) is 2.11. The molecule has 1 atom stereocenters. The van der Waals surface area contributed by atoms with Gasteiger partial charge in [0, 0.05) is 0 Å². The molecule has 90 valence electrons. The maximum absolute atomic E-state index is 6.51. The second-order valence-corrected chi connectivity index (χ2v) is 5.90. The van der Waals surface area contributed by atoms with E-state index in [2.05, 4.69) is 52.8 Å². The molecule has 0 aromatic heterocycles. The number of benzene rings is 1. The van der Waals surface area contributed by atoms with Gasteiger partial charge in [0.25, 0.3) is 0 Å². The monoisotopic (exact) mass is 238 g/mol. The quantitative estimate of drug-likeness (QED) is 0.640. The molecule has 0 heterocycles. The van der Waals surface area contributed by atoms with E-state index in [1.165, 1.54) is 16.7 Å². The minimum Gasteiger partial charge on any atom is -0.117 e. The van der Waals surface area contributed by atoms with E-state index in [0.29, 0.717) is 0 Å². The van der Waals surface area contributed by atoms with Crippen molar-refractivity contribution in [1.82, 2.24) is 0 Å². The van der Waals surface area contributed by atoms with Crippen LogP contribution < -0.4 is 0 Å². The van der Waals surface area contributed by atoms with Crippen molar-refractivity contribution in [2.24, 2.45) is 5.41 Å². The molecule has 0 aliphatic carbocycles. The average Bonchev–Trinajstić information content (AvgIpc) is 2.25. The molecule has 0 saturated heterocycles. The van der Waals surface area contributed by atoms with Gasteiger partial charge in [-0.2, -0.15) is 0 Å². The normalized spacial score (nSPS) is 13.9. The molecule has 0 aliphatic rings. The summed E-state index contributed by atoms with van der Waals surface area (Å²) in [7, 11) is 0. The summed E-state index contributed by atoms with van der Waals surface area (Å²) in [5.74, 6) is 0. The average molecular weight is 239 g/mol. The fourth-order valence-electron chi connectivity index (χ4n) is 1.98. The summed E-state index contributed by atoms with van der Waals surface area (Å²) in [6, 6.07) is 6.69. The van der Waals surface area contributed by atoms with Crippen LogP contribution in [0.3, 0.4) is 0 Å². The predicted molar refractivity (Wildman–Crippen MR) is 73.2 cm³/mol. The maximum atomic E-state index is 6.51. The SMILES string of the molecule is CCc1ccc(C(Cl)C(C)(C)C)cc1CC. The summed E-state index contributed by atoms with van der Waals surface area (Å²) in [6.45, 7) is 11.0. The Labute approximate surface area is 105 Å². The molecule has 1 heteroatoms. The maximum Gasteiger partial charge on any atom is 0.0633 e. The van der Waals surface area contributed by atoms with Crippen molar-refractivity contribution in [3.8, 4) is 0 Å². The molecule has 0 spiro atoms. The van der Waals surface area contributed by atoms with Crippen LogP contribution in [0.1, 0.15) is 56.7 Å². The lowest BCUT2D eigenvalue weighted by molar-refractivity contribution is 0.395. The van der Waals surface area contributed by atoms with Crippen LogP contribution in [0.5, 0.6) is 0 Å². The van der Waals surface area contributed by atoms with E-state index in [1.54, 1.807) is 0 Å². The summed E-state index contributed by atoms with van der Waals surface area (Å²) in [6.07, 6.45) is 2.19. The van der Waals surface area contributed by atoms with Crippen LogP contribution in [0.4, 0.5) is 0 Å². The van der Waals surface area contributed by atoms with Gasteiger partial charge < -0.3 is 0 Å². The van der Waals surface area contributed by atoms with Crippen molar-refractivity contribution in [2.75, 3.05) is 0 Å². The Morgan fingerprint density at radius 2 is 1.62 bits per heavy atom. The van der Waals surface area contributed by atoms with Crippen molar-refractivity contribution in [1.29, 1.82) is 0 Å². The zero-order valence-electron chi connectivity index (χ0n) is 11.1. The Morgan fingerprint density at radius 1 is 1.06 bits per heavy atom. The molecule has 1 unspecified atom stereocenters. The van der Waals surface area contributed by atoms with Gasteiger partial charge in [0.05, 0.1) is 5.38 Å². The van der Waals surface area contributed by atoms with Gasteiger partial charge in [-0.25, -0.2) is 0 Å². The molecule has 0 fully saturated rings. The molecule has 1 aromatic rings. The zero-order chi connectivity index (χ0) is 12.3. The van der Waals surface area contributed by atoms with Gasteiger partial charge in [-0.15, -0.1) is 11.6 Å².